The van der Waals surface area contributed by atoms with Crippen molar-refractivity contribution in [2.75, 3.05) is 0 Å². The lowest BCUT2D eigenvalue weighted by Gasteiger charge is -2.09. The number of primary amides is 1. The standard InChI is InChI=1S/C20H19N3O2/c21-20(24)16-9-4-5-12-19(16)25-13-17-15-10-6-11-18(15)23(22-17)14-7-2-1-3-8-14/h1-5,7-9,12H,6,10-11,13H2,(H2,21,24). The van der Waals surface area contributed by atoms with E-state index in [2.05, 4.69) is 12.1 Å². The lowest BCUT2D eigenvalue weighted by Crippen LogP contribution is -2.13. The number of nitrogens with two attached hydrogens (primary N) is 1. The molecule has 0 atom stereocenters. The van der Waals surface area contributed by atoms with Gasteiger partial charge < -0.3 is 10.5 Å². The number of hydrogen-bond acceptors (Lipinski definition) is 3. The number of benzene rings is 2. The summed E-state index contributed by atoms with van der Waals surface area (Å²) in [7, 11) is 0. The fraction of sp³-hybridized carbons (Fsp3) is 0.200. The minimum atomic E-state index is -0.490. The van der Waals surface area contributed by atoms with Crippen LogP contribution in [0.15, 0.2) is 54.6 Å². The molecular formula is C20H19N3O2. The number of hydrogen-bond donors (Lipinski definition) is 1. The van der Waals surface area contributed by atoms with E-state index in [0.29, 0.717) is 17.9 Å². The predicted octanol–water partition coefficient (Wildman–Crippen LogP) is 3.04. The van der Waals surface area contributed by atoms with Crippen molar-refractivity contribution in [3.63, 3.8) is 0 Å². The Morgan fingerprint density at radius 3 is 2.64 bits per heavy atom. The van der Waals surface area contributed by atoms with Crippen LogP contribution in [0.1, 0.15) is 33.7 Å². The van der Waals surface area contributed by atoms with Crippen LogP contribution in [0.5, 0.6) is 5.75 Å². The van der Waals surface area contributed by atoms with Crippen LogP contribution >= 0.6 is 0 Å². The Hall–Kier alpha value is -3.08. The van der Waals surface area contributed by atoms with Gasteiger partial charge in [0, 0.05) is 11.3 Å². The third kappa shape index (κ3) is 2.89. The van der Waals surface area contributed by atoms with Gasteiger partial charge >= 0.3 is 0 Å². The molecule has 1 heterocycles. The first-order valence-corrected chi connectivity index (χ1v) is 8.41. The number of carbonyl (C=O) groups excluding carboxylic acids is 1. The van der Waals surface area contributed by atoms with Crippen molar-refractivity contribution in [1.29, 1.82) is 0 Å². The fourth-order valence-corrected chi connectivity index (χ4v) is 3.35. The topological polar surface area (TPSA) is 70.1 Å². The molecule has 3 aromatic rings. The molecule has 0 radical (unpaired) electrons. The molecule has 1 aromatic heterocycles. The number of nitrogens with zero attached hydrogens (tertiary/aromatic N) is 2. The van der Waals surface area contributed by atoms with Gasteiger partial charge in [-0.25, -0.2) is 4.68 Å². The van der Waals surface area contributed by atoms with Crippen molar-refractivity contribution in [1.82, 2.24) is 9.78 Å². The van der Waals surface area contributed by atoms with Crippen molar-refractivity contribution in [2.24, 2.45) is 5.73 Å². The zero-order valence-corrected chi connectivity index (χ0v) is 13.8. The molecule has 0 saturated heterocycles. The molecule has 0 aliphatic heterocycles. The Balaban J connectivity index is 1.63. The van der Waals surface area contributed by atoms with E-state index in [-0.39, 0.29) is 0 Å². The minimum Gasteiger partial charge on any atom is -0.486 e. The molecule has 0 spiro atoms. The molecule has 4 rings (SSSR count). The third-order valence-corrected chi connectivity index (χ3v) is 4.53. The number of rotatable bonds is 5. The zero-order chi connectivity index (χ0) is 17.2. The smallest absolute Gasteiger partial charge is 0.252 e. The molecule has 5 heteroatoms. The number of aromatic nitrogens is 2. The summed E-state index contributed by atoms with van der Waals surface area (Å²) in [5.74, 6) is 0.00616. The van der Waals surface area contributed by atoms with E-state index in [1.807, 2.05) is 28.9 Å². The molecular weight excluding hydrogens is 314 g/mol. The maximum absolute atomic E-state index is 11.5. The normalized spacial score (nSPS) is 12.8. The van der Waals surface area contributed by atoms with E-state index < -0.39 is 5.91 Å². The van der Waals surface area contributed by atoms with Crippen LogP contribution in [0, 0.1) is 0 Å². The molecule has 2 N–H and O–H groups in total. The molecule has 1 aliphatic carbocycles. The van der Waals surface area contributed by atoms with Crippen LogP contribution in [0.3, 0.4) is 0 Å². The van der Waals surface area contributed by atoms with Gasteiger partial charge in [-0.3, -0.25) is 4.79 Å². The summed E-state index contributed by atoms with van der Waals surface area (Å²) >= 11 is 0. The maximum atomic E-state index is 11.5. The first kappa shape index (κ1) is 15.4. The van der Waals surface area contributed by atoms with Gasteiger partial charge in [0.05, 0.1) is 11.3 Å². The van der Waals surface area contributed by atoms with Crippen molar-refractivity contribution >= 4 is 5.91 Å². The summed E-state index contributed by atoms with van der Waals surface area (Å²) < 4.78 is 7.90. The fourth-order valence-electron chi connectivity index (χ4n) is 3.35. The lowest BCUT2D eigenvalue weighted by atomic mass is 10.2. The second kappa shape index (κ2) is 6.43. The second-order valence-electron chi connectivity index (χ2n) is 6.12. The highest BCUT2D eigenvalue weighted by Crippen LogP contribution is 2.29. The van der Waals surface area contributed by atoms with Gasteiger partial charge in [0.15, 0.2) is 0 Å². The molecule has 2 aromatic carbocycles. The average molecular weight is 333 g/mol. The van der Waals surface area contributed by atoms with E-state index >= 15 is 0 Å². The molecule has 25 heavy (non-hydrogen) atoms. The largest absolute Gasteiger partial charge is 0.486 e. The van der Waals surface area contributed by atoms with Crippen molar-refractivity contribution < 1.29 is 9.53 Å². The van der Waals surface area contributed by atoms with Gasteiger partial charge in [0.2, 0.25) is 0 Å². The van der Waals surface area contributed by atoms with Gasteiger partial charge in [-0.2, -0.15) is 5.10 Å². The summed E-state index contributed by atoms with van der Waals surface area (Å²) in [6.45, 7) is 0.326. The molecule has 0 bridgehead atoms. The summed E-state index contributed by atoms with van der Waals surface area (Å²) in [6.07, 6.45) is 3.17. The Bertz CT molecular complexity index is 916. The molecule has 0 fully saturated rings. The summed E-state index contributed by atoms with van der Waals surface area (Å²) in [5, 5.41) is 4.77. The summed E-state index contributed by atoms with van der Waals surface area (Å²) in [5.41, 5.74) is 10.3. The highest BCUT2D eigenvalue weighted by molar-refractivity contribution is 5.95. The summed E-state index contributed by atoms with van der Waals surface area (Å²) in [6, 6.07) is 17.2. The van der Waals surface area contributed by atoms with Crippen LogP contribution in [0.4, 0.5) is 0 Å². The number of carbonyl (C=O) groups is 1. The number of amides is 1. The minimum absolute atomic E-state index is 0.326. The molecule has 0 unspecified atom stereocenters. The predicted molar refractivity (Wildman–Crippen MR) is 94.9 cm³/mol. The quantitative estimate of drug-likeness (QED) is 0.780. The van der Waals surface area contributed by atoms with E-state index in [1.54, 1.807) is 18.2 Å². The Kier molecular flexibility index (Phi) is 3.98. The van der Waals surface area contributed by atoms with Gasteiger partial charge in [0.1, 0.15) is 18.1 Å². The number of fused-ring (bicyclic) bond motifs is 1. The van der Waals surface area contributed by atoms with Gasteiger partial charge in [-0.1, -0.05) is 30.3 Å². The molecule has 126 valence electrons. The van der Waals surface area contributed by atoms with Crippen LogP contribution in [0.25, 0.3) is 5.69 Å². The third-order valence-electron chi connectivity index (χ3n) is 4.53. The monoisotopic (exact) mass is 333 g/mol. The molecule has 5 nitrogen and oxygen atoms in total. The van der Waals surface area contributed by atoms with Crippen LogP contribution in [-0.2, 0) is 19.4 Å². The zero-order valence-electron chi connectivity index (χ0n) is 13.8. The number of ether oxygens (including phenoxy) is 1. The van der Waals surface area contributed by atoms with E-state index in [9.17, 15) is 4.79 Å². The Morgan fingerprint density at radius 2 is 1.84 bits per heavy atom. The highest BCUT2D eigenvalue weighted by Gasteiger charge is 2.23. The molecule has 1 aliphatic rings. The van der Waals surface area contributed by atoms with E-state index in [4.69, 9.17) is 15.6 Å². The Morgan fingerprint density at radius 1 is 1.08 bits per heavy atom. The van der Waals surface area contributed by atoms with E-state index in [0.717, 1.165) is 30.6 Å². The lowest BCUT2D eigenvalue weighted by molar-refractivity contribution is 0.0996. The van der Waals surface area contributed by atoms with Crippen molar-refractivity contribution in [3.8, 4) is 11.4 Å². The average Bonchev–Trinajstić information content (AvgIpc) is 3.24. The Labute approximate surface area is 146 Å². The maximum Gasteiger partial charge on any atom is 0.252 e. The van der Waals surface area contributed by atoms with Gasteiger partial charge in [-0.05, 0) is 43.5 Å². The van der Waals surface area contributed by atoms with Crippen LogP contribution in [-0.4, -0.2) is 15.7 Å². The van der Waals surface area contributed by atoms with Crippen LogP contribution in [0.2, 0.25) is 0 Å². The van der Waals surface area contributed by atoms with E-state index in [1.165, 1.54) is 11.3 Å². The molecule has 1 amide bonds. The SMILES string of the molecule is NC(=O)c1ccccc1OCc1nn(-c2ccccc2)c2c1CCC2. The first-order chi connectivity index (χ1) is 12.2. The summed E-state index contributed by atoms with van der Waals surface area (Å²) in [4.78, 5) is 11.5. The van der Waals surface area contributed by atoms with Gasteiger partial charge in [-0.15, -0.1) is 0 Å². The van der Waals surface area contributed by atoms with Gasteiger partial charge in [0.25, 0.3) is 5.91 Å². The molecule has 0 saturated carbocycles. The van der Waals surface area contributed by atoms with Crippen molar-refractivity contribution in [3.05, 3.63) is 77.1 Å². The second-order valence-corrected chi connectivity index (χ2v) is 6.12. The highest BCUT2D eigenvalue weighted by atomic mass is 16.5. The number of para-hydroxylation sites is 2. The van der Waals surface area contributed by atoms with Crippen LogP contribution < -0.4 is 10.5 Å². The van der Waals surface area contributed by atoms with Crippen molar-refractivity contribution in [2.45, 2.75) is 25.9 Å². The first-order valence-electron chi connectivity index (χ1n) is 8.41.